The first kappa shape index (κ1) is 23.3. The van der Waals surface area contributed by atoms with Gasteiger partial charge in [-0.2, -0.15) is 13.2 Å². The topological polar surface area (TPSA) is 75.7 Å². The Balaban J connectivity index is 1.41. The zero-order valence-corrected chi connectivity index (χ0v) is 17.2. The van der Waals surface area contributed by atoms with Crippen LogP contribution in [-0.4, -0.2) is 42.4 Å². The van der Waals surface area contributed by atoms with Gasteiger partial charge in [-0.3, -0.25) is 14.4 Å². The van der Waals surface area contributed by atoms with Crippen LogP contribution >= 0.6 is 0 Å². The number of alkyl halides is 3. The van der Waals surface area contributed by atoms with E-state index in [1.54, 1.807) is 12.1 Å². The van der Waals surface area contributed by atoms with Gasteiger partial charge in [-0.1, -0.05) is 36.4 Å². The Labute approximate surface area is 183 Å². The largest absolute Gasteiger partial charge is 0.455 e. The number of nitrogens with zero attached hydrogens (tertiary/aromatic N) is 1. The lowest BCUT2D eigenvalue weighted by molar-refractivity contribution is -0.152. The zero-order chi connectivity index (χ0) is 23.1. The van der Waals surface area contributed by atoms with Gasteiger partial charge in [0, 0.05) is 24.7 Å². The lowest BCUT2D eigenvalue weighted by Gasteiger charge is -2.31. The van der Waals surface area contributed by atoms with Crippen LogP contribution in [0.1, 0.15) is 24.0 Å². The van der Waals surface area contributed by atoms with Gasteiger partial charge in [0.05, 0.1) is 12.0 Å². The van der Waals surface area contributed by atoms with Crippen molar-refractivity contribution in [2.24, 2.45) is 5.92 Å². The van der Waals surface area contributed by atoms with E-state index in [2.05, 4.69) is 5.32 Å². The molecule has 1 saturated heterocycles. The highest BCUT2D eigenvalue weighted by molar-refractivity contribution is 5.92. The van der Waals surface area contributed by atoms with Crippen molar-refractivity contribution < 1.29 is 32.3 Å². The van der Waals surface area contributed by atoms with Crippen molar-refractivity contribution in [2.75, 3.05) is 25.0 Å². The van der Waals surface area contributed by atoms with E-state index in [1.165, 1.54) is 17.0 Å². The van der Waals surface area contributed by atoms with E-state index >= 15 is 0 Å². The van der Waals surface area contributed by atoms with Crippen LogP contribution in [0, 0.1) is 5.92 Å². The number of anilines is 1. The summed E-state index contributed by atoms with van der Waals surface area (Å²) < 4.78 is 43.2. The van der Waals surface area contributed by atoms with Gasteiger partial charge in [-0.15, -0.1) is 0 Å². The van der Waals surface area contributed by atoms with E-state index in [4.69, 9.17) is 4.74 Å². The van der Waals surface area contributed by atoms with Crippen LogP contribution in [0.15, 0.2) is 54.6 Å². The summed E-state index contributed by atoms with van der Waals surface area (Å²) in [6.45, 7) is 0.229. The van der Waals surface area contributed by atoms with Crippen molar-refractivity contribution in [3.05, 3.63) is 65.7 Å². The molecule has 0 bridgehead atoms. The van der Waals surface area contributed by atoms with Crippen LogP contribution in [-0.2, 0) is 31.7 Å². The number of piperidine rings is 1. The van der Waals surface area contributed by atoms with E-state index in [0.717, 1.165) is 12.1 Å². The quantitative estimate of drug-likeness (QED) is 0.685. The number of hydrogen-bond acceptors (Lipinski definition) is 4. The highest BCUT2D eigenvalue weighted by Crippen LogP contribution is 2.29. The van der Waals surface area contributed by atoms with Crippen molar-refractivity contribution in [3.63, 3.8) is 0 Å². The van der Waals surface area contributed by atoms with Crippen LogP contribution in [0.5, 0.6) is 0 Å². The van der Waals surface area contributed by atoms with Gasteiger partial charge in [0.15, 0.2) is 6.61 Å². The lowest BCUT2D eigenvalue weighted by Crippen LogP contribution is -2.43. The number of carbonyl (C=O) groups excluding carboxylic acids is 3. The monoisotopic (exact) mass is 448 g/mol. The number of amides is 2. The van der Waals surface area contributed by atoms with Crippen molar-refractivity contribution in [1.82, 2.24) is 4.90 Å². The third-order valence-electron chi connectivity index (χ3n) is 5.22. The highest BCUT2D eigenvalue weighted by atomic mass is 19.4. The minimum atomic E-state index is -4.50. The molecule has 2 amide bonds. The minimum Gasteiger partial charge on any atom is -0.455 e. The van der Waals surface area contributed by atoms with Gasteiger partial charge in [0.2, 0.25) is 5.91 Å². The molecular formula is C23H23F3N2O4. The lowest BCUT2D eigenvalue weighted by atomic mass is 9.95. The van der Waals surface area contributed by atoms with Crippen molar-refractivity contribution in [2.45, 2.75) is 25.4 Å². The summed E-state index contributed by atoms with van der Waals surface area (Å²) in [5, 5.41) is 2.85. The fourth-order valence-corrected chi connectivity index (χ4v) is 3.47. The molecule has 170 valence electrons. The zero-order valence-electron chi connectivity index (χ0n) is 17.2. The predicted octanol–water partition coefficient (Wildman–Crippen LogP) is 3.67. The summed E-state index contributed by atoms with van der Waals surface area (Å²) in [6, 6.07) is 13.5. The summed E-state index contributed by atoms with van der Waals surface area (Å²) in [6.07, 6.45) is -3.88. The summed E-state index contributed by atoms with van der Waals surface area (Å²) in [7, 11) is 0. The number of esters is 1. The molecule has 1 aliphatic heterocycles. The highest BCUT2D eigenvalue weighted by Gasteiger charge is 2.31. The Morgan fingerprint density at radius 3 is 2.34 bits per heavy atom. The molecule has 1 aliphatic rings. The molecule has 0 saturated carbocycles. The Morgan fingerprint density at radius 1 is 1.00 bits per heavy atom. The predicted molar refractivity (Wildman–Crippen MR) is 110 cm³/mol. The third-order valence-corrected chi connectivity index (χ3v) is 5.22. The van der Waals surface area contributed by atoms with Gasteiger partial charge in [0.1, 0.15) is 0 Å². The first-order valence-electron chi connectivity index (χ1n) is 10.2. The average Bonchev–Trinajstić information content (AvgIpc) is 2.78. The fraction of sp³-hybridized carbons (Fsp3) is 0.348. The minimum absolute atomic E-state index is 0.101. The molecule has 9 heteroatoms. The summed E-state index contributed by atoms with van der Waals surface area (Å²) in [4.78, 5) is 38.1. The molecule has 32 heavy (non-hydrogen) atoms. The van der Waals surface area contributed by atoms with Gasteiger partial charge >= 0.3 is 12.1 Å². The SMILES string of the molecule is O=C(Cc1cccc(C(F)(F)F)c1)OCC(=O)N1CCC(C(=O)Nc2ccccc2)CC1. The number of likely N-dealkylation sites (tertiary alicyclic amines) is 1. The maximum absolute atomic E-state index is 12.8. The number of benzene rings is 2. The molecule has 0 atom stereocenters. The smallest absolute Gasteiger partial charge is 0.416 e. The second-order valence-corrected chi connectivity index (χ2v) is 7.55. The van der Waals surface area contributed by atoms with E-state index < -0.39 is 30.2 Å². The van der Waals surface area contributed by atoms with Crippen molar-refractivity contribution >= 4 is 23.5 Å². The molecule has 0 aliphatic carbocycles. The number of para-hydroxylation sites is 1. The van der Waals surface area contributed by atoms with Crippen LogP contribution in [0.25, 0.3) is 0 Å². The second-order valence-electron chi connectivity index (χ2n) is 7.55. The third kappa shape index (κ3) is 6.57. The van der Waals surface area contributed by atoms with Gasteiger partial charge in [-0.05, 0) is 36.6 Å². The summed E-state index contributed by atoms with van der Waals surface area (Å²) >= 11 is 0. The molecule has 6 nitrogen and oxygen atoms in total. The molecule has 2 aromatic carbocycles. The Morgan fingerprint density at radius 2 is 1.69 bits per heavy atom. The molecule has 1 heterocycles. The normalized spacial score (nSPS) is 14.7. The molecule has 0 aromatic heterocycles. The number of carbonyl (C=O) groups is 3. The number of halogens is 3. The van der Waals surface area contributed by atoms with E-state index in [9.17, 15) is 27.6 Å². The number of rotatable bonds is 6. The van der Waals surface area contributed by atoms with Crippen LogP contribution in [0.3, 0.4) is 0 Å². The molecule has 0 spiro atoms. The van der Waals surface area contributed by atoms with Crippen molar-refractivity contribution in [1.29, 1.82) is 0 Å². The molecule has 0 radical (unpaired) electrons. The number of ether oxygens (including phenoxy) is 1. The molecule has 0 unspecified atom stereocenters. The van der Waals surface area contributed by atoms with Gasteiger partial charge in [-0.25, -0.2) is 0 Å². The van der Waals surface area contributed by atoms with Gasteiger partial charge in [0.25, 0.3) is 5.91 Å². The van der Waals surface area contributed by atoms with Gasteiger partial charge < -0.3 is 15.0 Å². The summed E-state index contributed by atoms with van der Waals surface area (Å²) in [5.41, 5.74) is 0.0178. The standard InChI is InChI=1S/C23H23F3N2O4/c24-23(25,26)18-6-4-5-16(13-18)14-21(30)32-15-20(29)28-11-9-17(10-12-28)22(31)27-19-7-2-1-3-8-19/h1-8,13,17H,9-12,14-15H2,(H,27,31). The molecule has 1 N–H and O–H groups in total. The Hall–Kier alpha value is -3.36. The number of nitrogens with one attached hydrogen (secondary N) is 1. The average molecular weight is 448 g/mol. The summed E-state index contributed by atoms with van der Waals surface area (Å²) in [5.74, 6) is -1.50. The van der Waals surface area contributed by atoms with E-state index in [1.807, 2.05) is 18.2 Å². The maximum Gasteiger partial charge on any atom is 0.416 e. The van der Waals surface area contributed by atoms with Crippen LogP contribution in [0.2, 0.25) is 0 Å². The Kier molecular flexibility index (Phi) is 7.50. The second kappa shape index (κ2) is 10.3. The molecule has 2 aromatic rings. The molecule has 3 rings (SSSR count). The first-order chi connectivity index (χ1) is 15.2. The van der Waals surface area contributed by atoms with Crippen molar-refractivity contribution in [3.8, 4) is 0 Å². The maximum atomic E-state index is 12.8. The first-order valence-corrected chi connectivity index (χ1v) is 10.2. The van der Waals surface area contributed by atoms with Crippen LogP contribution in [0.4, 0.5) is 18.9 Å². The molecular weight excluding hydrogens is 425 g/mol. The van der Waals surface area contributed by atoms with E-state index in [-0.39, 0.29) is 23.8 Å². The number of hydrogen-bond donors (Lipinski definition) is 1. The Bertz CT molecular complexity index is 955. The van der Waals surface area contributed by atoms with Crippen LogP contribution < -0.4 is 5.32 Å². The van der Waals surface area contributed by atoms with E-state index in [0.29, 0.717) is 31.6 Å². The molecule has 1 fully saturated rings. The fourth-order valence-electron chi connectivity index (χ4n) is 3.47.